The highest BCUT2D eigenvalue weighted by molar-refractivity contribution is 5.26. The van der Waals surface area contributed by atoms with Crippen LogP contribution in [0.2, 0.25) is 0 Å². The van der Waals surface area contributed by atoms with Crippen LogP contribution >= 0.6 is 0 Å². The average Bonchev–Trinajstić information content (AvgIpc) is 3.02. The molecule has 3 saturated carbocycles. The Kier molecular flexibility index (Phi) is 7.54. The molecule has 0 spiro atoms. The van der Waals surface area contributed by atoms with E-state index in [2.05, 4.69) is 53.7 Å². The van der Waals surface area contributed by atoms with Crippen LogP contribution in [0.1, 0.15) is 112 Å². The van der Waals surface area contributed by atoms with Crippen molar-refractivity contribution in [1.29, 1.82) is 0 Å². The number of fused-ring (bicyclic) bond motifs is 1. The third-order valence-electron chi connectivity index (χ3n) is 9.48. The van der Waals surface area contributed by atoms with Crippen LogP contribution < -0.4 is 0 Å². The molecule has 0 N–H and O–H groups in total. The van der Waals surface area contributed by atoms with E-state index in [0.29, 0.717) is 5.41 Å². The van der Waals surface area contributed by atoms with Crippen LogP contribution in [-0.4, -0.2) is 0 Å². The average molecular weight is 385 g/mol. The second-order valence-electron chi connectivity index (χ2n) is 11.4. The van der Waals surface area contributed by atoms with E-state index in [9.17, 15) is 0 Å². The van der Waals surface area contributed by atoms with Crippen LogP contribution in [0.4, 0.5) is 0 Å². The fraction of sp³-hybridized carbons (Fsp3) is 0.857. The first-order valence-corrected chi connectivity index (χ1v) is 12.7. The lowest BCUT2D eigenvalue weighted by molar-refractivity contribution is 0.0932. The molecule has 0 heteroatoms. The van der Waals surface area contributed by atoms with Crippen molar-refractivity contribution in [2.75, 3.05) is 0 Å². The van der Waals surface area contributed by atoms with E-state index >= 15 is 0 Å². The SMILES string of the molecule is CCCCCC(C)C1CCC2/C(=C/C=C3C[C@@H](C)C(C)[C@H](C)C3)CCC[C@@]21C. The van der Waals surface area contributed by atoms with Crippen LogP contribution in [0.25, 0.3) is 0 Å². The van der Waals surface area contributed by atoms with Crippen molar-refractivity contribution in [2.24, 2.45) is 40.9 Å². The normalized spacial score (nSPS) is 41.1. The molecular formula is C28H48. The smallest absolute Gasteiger partial charge is 0.0143 e. The Morgan fingerprint density at radius 1 is 1.04 bits per heavy atom. The maximum atomic E-state index is 2.66. The monoisotopic (exact) mass is 384 g/mol. The molecule has 3 fully saturated rings. The minimum atomic E-state index is 0.579. The standard InChI is InChI=1S/C28H48/c1-7-8-9-11-20(2)26-15-16-27-25(12-10-17-28(26,27)6)14-13-24-18-21(3)23(5)22(4)19-24/h13-14,20-23,26-27H,7-12,15-19H2,1-6H3/b24-13?,25-14+/t20?,21-,22-,23?,26?,27?,28-/m1/s1. The molecule has 0 aliphatic heterocycles. The quantitative estimate of drug-likeness (QED) is 0.401. The van der Waals surface area contributed by atoms with Crippen LogP contribution in [0.3, 0.4) is 0 Å². The van der Waals surface area contributed by atoms with E-state index in [1.54, 1.807) is 5.57 Å². The third-order valence-corrected chi connectivity index (χ3v) is 9.48. The van der Waals surface area contributed by atoms with Gasteiger partial charge in [-0.2, -0.15) is 0 Å². The summed E-state index contributed by atoms with van der Waals surface area (Å²) in [6, 6.07) is 0. The van der Waals surface area contributed by atoms with E-state index < -0.39 is 0 Å². The highest BCUT2D eigenvalue weighted by Crippen LogP contribution is 2.60. The lowest BCUT2D eigenvalue weighted by Gasteiger charge is -2.44. The molecule has 0 nitrogen and oxygen atoms in total. The van der Waals surface area contributed by atoms with Gasteiger partial charge >= 0.3 is 0 Å². The van der Waals surface area contributed by atoms with Crippen molar-refractivity contribution in [1.82, 2.24) is 0 Å². The van der Waals surface area contributed by atoms with E-state index in [1.807, 2.05) is 5.57 Å². The van der Waals surface area contributed by atoms with Gasteiger partial charge in [0.1, 0.15) is 0 Å². The summed E-state index contributed by atoms with van der Waals surface area (Å²) in [5.41, 5.74) is 4.11. The summed E-state index contributed by atoms with van der Waals surface area (Å²) >= 11 is 0. The number of hydrogen-bond acceptors (Lipinski definition) is 0. The molecule has 0 heterocycles. The Bertz CT molecular complexity index is 553. The lowest BCUT2D eigenvalue weighted by Crippen LogP contribution is -2.36. The zero-order chi connectivity index (χ0) is 20.3. The van der Waals surface area contributed by atoms with Crippen LogP contribution in [0, 0.1) is 40.9 Å². The summed E-state index contributed by atoms with van der Waals surface area (Å²) < 4.78 is 0. The summed E-state index contributed by atoms with van der Waals surface area (Å²) in [7, 11) is 0. The highest BCUT2D eigenvalue weighted by Gasteiger charge is 2.50. The highest BCUT2D eigenvalue weighted by atomic mass is 14.5. The first-order chi connectivity index (χ1) is 13.4. The predicted octanol–water partition coefficient (Wildman–Crippen LogP) is 8.97. The van der Waals surface area contributed by atoms with Gasteiger partial charge in [0.25, 0.3) is 0 Å². The Morgan fingerprint density at radius 2 is 1.75 bits per heavy atom. The van der Waals surface area contributed by atoms with Gasteiger partial charge in [0.05, 0.1) is 0 Å². The minimum Gasteiger partial charge on any atom is -0.0697 e. The van der Waals surface area contributed by atoms with Gasteiger partial charge in [-0.1, -0.05) is 90.5 Å². The molecule has 0 aromatic heterocycles. The second kappa shape index (κ2) is 9.53. The van der Waals surface area contributed by atoms with Crippen molar-refractivity contribution in [2.45, 2.75) is 112 Å². The topological polar surface area (TPSA) is 0 Å². The summed E-state index contributed by atoms with van der Waals surface area (Å²) in [5.74, 6) is 5.33. The molecule has 0 amide bonds. The first kappa shape index (κ1) is 22.2. The minimum absolute atomic E-state index is 0.579. The van der Waals surface area contributed by atoms with Crippen LogP contribution in [0.5, 0.6) is 0 Å². The fourth-order valence-corrected chi connectivity index (χ4v) is 7.34. The van der Waals surface area contributed by atoms with Crippen molar-refractivity contribution in [3.63, 3.8) is 0 Å². The van der Waals surface area contributed by atoms with E-state index in [4.69, 9.17) is 0 Å². The molecule has 6 atom stereocenters. The molecule has 0 aromatic rings. The summed E-state index contributed by atoms with van der Waals surface area (Å²) in [4.78, 5) is 0. The van der Waals surface area contributed by atoms with Crippen molar-refractivity contribution in [3.8, 4) is 0 Å². The number of hydrogen-bond donors (Lipinski definition) is 0. The van der Waals surface area contributed by atoms with E-state index in [-0.39, 0.29) is 0 Å². The molecule has 0 aromatic carbocycles. The number of rotatable bonds is 6. The molecule has 0 radical (unpaired) electrons. The van der Waals surface area contributed by atoms with Gasteiger partial charge in [0.15, 0.2) is 0 Å². The Hall–Kier alpha value is -0.520. The molecule has 3 aliphatic rings. The van der Waals surface area contributed by atoms with Gasteiger partial charge in [0, 0.05) is 0 Å². The fourth-order valence-electron chi connectivity index (χ4n) is 7.34. The molecule has 28 heavy (non-hydrogen) atoms. The Balaban J connectivity index is 1.70. The van der Waals surface area contributed by atoms with Crippen LogP contribution in [0.15, 0.2) is 23.3 Å². The van der Waals surface area contributed by atoms with Gasteiger partial charge < -0.3 is 0 Å². The summed E-state index contributed by atoms with van der Waals surface area (Å²) in [6.45, 7) is 14.9. The van der Waals surface area contributed by atoms with Gasteiger partial charge in [-0.05, 0) is 85.9 Å². The number of unbranched alkanes of at least 4 members (excludes halogenated alkanes) is 2. The molecular weight excluding hydrogens is 336 g/mol. The maximum Gasteiger partial charge on any atom is -0.0143 e. The predicted molar refractivity (Wildman–Crippen MR) is 124 cm³/mol. The molecule has 0 bridgehead atoms. The molecule has 3 rings (SSSR count). The van der Waals surface area contributed by atoms with Crippen LogP contribution in [-0.2, 0) is 0 Å². The number of allylic oxidation sites excluding steroid dienone is 4. The Labute approximate surface area is 176 Å². The third kappa shape index (κ3) is 4.62. The summed E-state index contributed by atoms with van der Waals surface area (Å²) in [5, 5.41) is 0. The van der Waals surface area contributed by atoms with Gasteiger partial charge in [-0.15, -0.1) is 0 Å². The van der Waals surface area contributed by atoms with Crippen molar-refractivity contribution >= 4 is 0 Å². The lowest BCUT2D eigenvalue weighted by atomic mass is 9.60. The molecule has 160 valence electrons. The molecule has 0 saturated heterocycles. The molecule has 3 unspecified atom stereocenters. The Morgan fingerprint density at radius 3 is 2.43 bits per heavy atom. The van der Waals surface area contributed by atoms with Crippen molar-refractivity contribution in [3.05, 3.63) is 23.3 Å². The van der Waals surface area contributed by atoms with Crippen molar-refractivity contribution < 1.29 is 0 Å². The second-order valence-corrected chi connectivity index (χ2v) is 11.4. The van der Waals surface area contributed by atoms with E-state index in [1.165, 1.54) is 70.6 Å². The summed E-state index contributed by atoms with van der Waals surface area (Å²) in [6.07, 6.45) is 20.7. The largest absolute Gasteiger partial charge is 0.0697 e. The first-order valence-electron chi connectivity index (χ1n) is 12.7. The van der Waals surface area contributed by atoms with Gasteiger partial charge in [-0.3, -0.25) is 0 Å². The zero-order valence-corrected chi connectivity index (χ0v) is 19.9. The maximum absolute atomic E-state index is 2.66. The van der Waals surface area contributed by atoms with E-state index in [0.717, 1.165) is 35.5 Å². The zero-order valence-electron chi connectivity index (χ0n) is 19.9. The molecule has 3 aliphatic carbocycles. The van der Waals surface area contributed by atoms with Gasteiger partial charge in [-0.25, -0.2) is 0 Å². The van der Waals surface area contributed by atoms with Gasteiger partial charge in [0.2, 0.25) is 0 Å².